The van der Waals surface area contributed by atoms with E-state index in [1.165, 1.54) is 19.2 Å². The second-order valence-corrected chi connectivity index (χ2v) is 7.41. The summed E-state index contributed by atoms with van der Waals surface area (Å²) in [5.74, 6) is -0.0348. The van der Waals surface area contributed by atoms with Crippen LogP contribution in [0.3, 0.4) is 0 Å². The van der Waals surface area contributed by atoms with Crippen LogP contribution in [0.2, 0.25) is 5.02 Å². The van der Waals surface area contributed by atoms with E-state index < -0.39 is 12.6 Å². The van der Waals surface area contributed by atoms with E-state index in [0.717, 1.165) is 16.7 Å². The summed E-state index contributed by atoms with van der Waals surface area (Å²) in [6, 6.07) is 14.6. The first-order valence-electron chi connectivity index (χ1n) is 9.62. The number of halogens is 3. The number of alkyl halides is 2. The molecular formula is C24H21ClF2O5. The third kappa shape index (κ3) is 5.88. The van der Waals surface area contributed by atoms with Gasteiger partial charge in [-0.1, -0.05) is 29.8 Å². The molecule has 0 aliphatic rings. The van der Waals surface area contributed by atoms with Crippen molar-refractivity contribution in [2.45, 2.75) is 20.0 Å². The highest BCUT2D eigenvalue weighted by atomic mass is 35.5. The molecule has 0 radical (unpaired) electrons. The fourth-order valence-electron chi connectivity index (χ4n) is 3.22. The van der Waals surface area contributed by atoms with Crippen LogP contribution in [0, 0.1) is 6.92 Å². The molecular weight excluding hydrogens is 442 g/mol. The first-order valence-corrected chi connectivity index (χ1v) is 10.0. The molecule has 1 N–H and O–H groups in total. The van der Waals surface area contributed by atoms with Crippen molar-refractivity contribution in [2.75, 3.05) is 13.7 Å². The maximum absolute atomic E-state index is 12.5. The maximum atomic E-state index is 12.5. The topological polar surface area (TPSA) is 65.0 Å². The number of esters is 1. The average molecular weight is 463 g/mol. The molecule has 3 rings (SSSR count). The van der Waals surface area contributed by atoms with E-state index in [4.69, 9.17) is 16.3 Å². The lowest BCUT2D eigenvalue weighted by Crippen LogP contribution is -2.12. The van der Waals surface area contributed by atoms with Crippen LogP contribution in [0.25, 0.3) is 11.1 Å². The molecule has 3 aromatic rings. The van der Waals surface area contributed by atoms with Crippen LogP contribution in [0.1, 0.15) is 16.7 Å². The predicted octanol–water partition coefficient (Wildman–Crippen LogP) is 5.77. The molecule has 0 fully saturated rings. The summed E-state index contributed by atoms with van der Waals surface area (Å²) in [5, 5.41) is 10.8. The number of carbonyl (C=O) groups excluding carboxylic acids is 1. The molecule has 0 spiro atoms. The number of aryl methyl sites for hydroxylation is 1. The number of benzene rings is 3. The van der Waals surface area contributed by atoms with E-state index in [0.29, 0.717) is 28.3 Å². The molecule has 0 aliphatic heterocycles. The van der Waals surface area contributed by atoms with Gasteiger partial charge in [-0.05, 0) is 72.0 Å². The van der Waals surface area contributed by atoms with Crippen molar-refractivity contribution in [3.63, 3.8) is 0 Å². The molecule has 0 saturated heterocycles. The highest BCUT2D eigenvalue weighted by Gasteiger charge is 2.13. The van der Waals surface area contributed by atoms with Crippen molar-refractivity contribution in [3.8, 4) is 28.4 Å². The SMILES string of the molecule is COC(=O)COc1cc(C)c(Cc2ccc(O)c(-c3cccc(OC(F)F)c3)c2)c(Cl)c1. The van der Waals surface area contributed by atoms with E-state index >= 15 is 0 Å². The number of hydrogen-bond donors (Lipinski definition) is 1. The molecule has 0 aromatic heterocycles. The van der Waals surface area contributed by atoms with Gasteiger partial charge in [-0.15, -0.1) is 0 Å². The zero-order valence-electron chi connectivity index (χ0n) is 17.4. The third-order valence-electron chi connectivity index (χ3n) is 4.79. The van der Waals surface area contributed by atoms with Gasteiger partial charge in [-0.2, -0.15) is 8.78 Å². The second-order valence-electron chi connectivity index (χ2n) is 7.00. The van der Waals surface area contributed by atoms with Gasteiger partial charge >= 0.3 is 12.6 Å². The molecule has 168 valence electrons. The lowest BCUT2D eigenvalue weighted by Gasteiger charge is -2.14. The summed E-state index contributed by atoms with van der Waals surface area (Å²) < 4.78 is 39.5. The molecule has 0 bridgehead atoms. The van der Waals surface area contributed by atoms with Crippen LogP contribution in [0.5, 0.6) is 17.2 Å². The van der Waals surface area contributed by atoms with Gasteiger partial charge in [0.15, 0.2) is 6.61 Å². The minimum Gasteiger partial charge on any atom is -0.507 e. The molecule has 0 saturated carbocycles. The first-order chi connectivity index (χ1) is 15.3. The van der Waals surface area contributed by atoms with Crippen LogP contribution >= 0.6 is 11.6 Å². The smallest absolute Gasteiger partial charge is 0.387 e. The van der Waals surface area contributed by atoms with Crippen LogP contribution in [-0.2, 0) is 16.0 Å². The minimum atomic E-state index is -2.94. The number of methoxy groups -OCH3 is 1. The van der Waals surface area contributed by atoms with Gasteiger partial charge in [0.1, 0.15) is 17.2 Å². The van der Waals surface area contributed by atoms with Gasteiger partial charge in [-0.25, -0.2) is 4.79 Å². The Hall–Kier alpha value is -3.32. The summed E-state index contributed by atoms with van der Waals surface area (Å²) in [6.45, 7) is -1.28. The van der Waals surface area contributed by atoms with Crippen molar-refractivity contribution < 1.29 is 32.9 Å². The zero-order valence-corrected chi connectivity index (χ0v) is 18.2. The van der Waals surface area contributed by atoms with E-state index in [2.05, 4.69) is 9.47 Å². The van der Waals surface area contributed by atoms with Crippen molar-refractivity contribution in [1.29, 1.82) is 0 Å². The second kappa shape index (κ2) is 10.3. The Labute approximate surface area is 189 Å². The van der Waals surface area contributed by atoms with Crippen LogP contribution in [0.15, 0.2) is 54.6 Å². The Morgan fingerprint density at radius 2 is 1.88 bits per heavy atom. The predicted molar refractivity (Wildman–Crippen MR) is 117 cm³/mol. The van der Waals surface area contributed by atoms with Crippen LogP contribution in [0.4, 0.5) is 8.78 Å². The monoisotopic (exact) mass is 462 g/mol. The summed E-state index contributed by atoms with van der Waals surface area (Å²) in [7, 11) is 1.28. The number of phenols is 1. The largest absolute Gasteiger partial charge is 0.507 e. The Morgan fingerprint density at radius 1 is 1.09 bits per heavy atom. The van der Waals surface area contributed by atoms with Gasteiger partial charge in [0, 0.05) is 10.6 Å². The Morgan fingerprint density at radius 3 is 2.56 bits per heavy atom. The Bertz CT molecular complexity index is 1090. The first kappa shape index (κ1) is 23.3. The quantitative estimate of drug-likeness (QED) is 0.431. The van der Waals surface area contributed by atoms with Crippen molar-refractivity contribution in [2.24, 2.45) is 0 Å². The van der Waals surface area contributed by atoms with E-state index in [-0.39, 0.29) is 18.1 Å². The number of ether oxygens (including phenoxy) is 3. The van der Waals surface area contributed by atoms with E-state index in [1.54, 1.807) is 42.5 Å². The van der Waals surface area contributed by atoms with Gasteiger partial charge in [0.2, 0.25) is 0 Å². The van der Waals surface area contributed by atoms with Gasteiger partial charge < -0.3 is 19.3 Å². The average Bonchev–Trinajstić information content (AvgIpc) is 2.75. The fourth-order valence-corrected chi connectivity index (χ4v) is 3.54. The van der Waals surface area contributed by atoms with Crippen molar-refractivity contribution in [3.05, 3.63) is 76.3 Å². The lowest BCUT2D eigenvalue weighted by atomic mass is 9.96. The normalized spacial score (nSPS) is 10.8. The van der Waals surface area contributed by atoms with E-state index in [9.17, 15) is 18.7 Å². The molecule has 0 aliphatic carbocycles. The van der Waals surface area contributed by atoms with Crippen molar-refractivity contribution >= 4 is 17.6 Å². The number of aromatic hydroxyl groups is 1. The molecule has 5 nitrogen and oxygen atoms in total. The zero-order chi connectivity index (χ0) is 23.3. The highest BCUT2D eigenvalue weighted by Crippen LogP contribution is 2.34. The van der Waals surface area contributed by atoms with Gasteiger partial charge in [0.05, 0.1) is 7.11 Å². The fraction of sp³-hybridized carbons (Fsp3) is 0.208. The molecule has 0 atom stereocenters. The number of carbonyl (C=O) groups is 1. The lowest BCUT2D eigenvalue weighted by molar-refractivity contribution is -0.142. The highest BCUT2D eigenvalue weighted by molar-refractivity contribution is 6.31. The Balaban J connectivity index is 1.86. The molecule has 32 heavy (non-hydrogen) atoms. The maximum Gasteiger partial charge on any atom is 0.387 e. The van der Waals surface area contributed by atoms with Gasteiger partial charge in [0.25, 0.3) is 0 Å². The van der Waals surface area contributed by atoms with E-state index in [1.807, 2.05) is 6.92 Å². The number of rotatable bonds is 8. The molecule has 0 heterocycles. The molecule has 3 aromatic carbocycles. The summed E-state index contributed by atoms with van der Waals surface area (Å²) in [4.78, 5) is 11.3. The minimum absolute atomic E-state index is 0.00346. The van der Waals surface area contributed by atoms with Crippen LogP contribution < -0.4 is 9.47 Å². The molecule has 0 unspecified atom stereocenters. The Kier molecular flexibility index (Phi) is 7.53. The summed E-state index contributed by atoms with van der Waals surface area (Å²) >= 11 is 6.46. The van der Waals surface area contributed by atoms with Crippen LogP contribution in [-0.4, -0.2) is 31.4 Å². The van der Waals surface area contributed by atoms with Gasteiger partial charge in [-0.3, -0.25) is 0 Å². The standard InChI is InChI=1S/C24H21ClF2O5/c1-14-8-18(31-13-23(29)30-2)12-21(25)19(14)9-15-6-7-22(28)20(10-15)16-4-3-5-17(11-16)32-24(26)27/h3-8,10-12,24,28H,9,13H2,1-2H3. The molecule has 8 heteroatoms. The van der Waals surface area contributed by atoms with Crippen molar-refractivity contribution in [1.82, 2.24) is 0 Å². The third-order valence-corrected chi connectivity index (χ3v) is 5.13. The summed E-state index contributed by atoms with van der Waals surface area (Å²) in [6.07, 6.45) is 0.461. The summed E-state index contributed by atoms with van der Waals surface area (Å²) in [5.41, 5.74) is 3.58. The molecule has 0 amide bonds. The number of phenolic OH excluding ortho intramolecular Hbond substituents is 1. The number of hydrogen-bond acceptors (Lipinski definition) is 5.